The van der Waals surface area contributed by atoms with Gasteiger partial charge in [0.25, 0.3) is 0 Å². The molecule has 0 aromatic heterocycles. The molecule has 1 aliphatic rings. The van der Waals surface area contributed by atoms with Crippen LogP contribution in [0.2, 0.25) is 0 Å². The molecule has 0 N–H and O–H groups in total. The van der Waals surface area contributed by atoms with Gasteiger partial charge in [0, 0.05) is 26.2 Å². The molecule has 0 aliphatic carbocycles. The molecule has 0 bridgehead atoms. The quantitative estimate of drug-likeness (QED) is 0.793. The first-order valence-electron chi connectivity index (χ1n) is 6.60. The first-order valence-corrected chi connectivity index (χ1v) is 6.60. The molecule has 2 rings (SSSR count). The largest absolute Gasteiger partial charge is 0.381 e. The van der Waals surface area contributed by atoms with E-state index in [-0.39, 0.29) is 0 Å². The van der Waals surface area contributed by atoms with E-state index in [4.69, 9.17) is 4.74 Å². The monoisotopic (exact) mass is 233 g/mol. The second kappa shape index (κ2) is 6.18. The summed E-state index contributed by atoms with van der Waals surface area (Å²) in [6.45, 7) is 4.66. The third-order valence-electron chi connectivity index (χ3n) is 3.83. The second-order valence-electron chi connectivity index (χ2n) is 5.00. The van der Waals surface area contributed by atoms with Crippen molar-refractivity contribution in [2.24, 2.45) is 0 Å². The Kier molecular flexibility index (Phi) is 4.57. The molecule has 1 aliphatic heterocycles. The first-order chi connectivity index (χ1) is 8.29. The molecule has 1 saturated heterocycles. The number of likely N-dealkylation sites (tertiary alicyclic amines) is 1. The maximum Gasteiger partial charge on any atom is 0.0598 e. The smallest absolute Gasteiger partial charge is 0.0598 e. The van der Waals surface area contributed by atoms with Gasteiger partial charge >= 0.3 is 0 Å². The minimum atomic E-state index is 0.470. The van der Waals surface area contributed by atoms with Crippen molar-refractivity contribution >= 4 is 0 Å². The van der Waals surface area contributed by atoms with E-state index >= 15 is 0 Å². The van der Waals surface area contributed by atoms with Crippen LogP contribution in [0.15, 0.2) is 30.3 Å². The fraction of sp³-hybridized carbons (Fsp3) is 0.600. The Bertz CT molecular complexity index is 325. The Morgan fingerprint density at radius 2 is 2.06 bits per heavy atom. The van der Waals surface area contributed by atoms with Gasteiger partial charge < -0.3 is 9.64 Å². The topological polar surface area (TPSA) is 12.5 Å². The highest BCUT2D eigenvalue weighted by Gasteiger charge is 2.24. The molecule has 2 atom stereocenters. The van der Waals surface area contributed by atoms with Gasteiger partial charge in [-0.3, -0.25) is 0 Å². The van der Waals surface area contributed by atoms with E-state index in [0.29, 0.717) is 12.1 Å². The molecule has 1 aromatic rings. The fourth-order valence-corrected chi connectivity index (χ4v) is 2.64. The number of hydrogen-bond donors (Lipinski definition) is 0. The number of nitrogens with zero attached hydrogens (tertiary/aromatic N) is 1. The summed E-state index contributed by atoms with van der Waals surface area (Å²) in [6, 6.07) is 11.4. The lowest BCUT2D eigenvalue weighted by atomic mass is 10.00. The minimum absolute atomic E-state index is 0.470. The van der Waals surface area contributed by atoms with Gasteiger partial charge in [0.2, 0.25) is 0 Å². The number of benzene rings is 1. The highest BCUT2D eigenvalue weighted by Crippen LogP contribution is 2.19. The average Bonchev–Trinajstić information content (AvgIpc) is 2.38. The maximum absolute atomic E-state index is 5.45. The molecule has 2 nitrogen and oxygen atoms in total. The zero-order valence-corrected chi connectivity index (χ0v) is 10.9. The summed E-state index contributed by atoms with van der Waals surface area (Å²) in [4.78, 5) is 2.59. The van der Waals surface area contributed by atoms with Crippen LogP contribution < -0.4 is 0 Å². The van der Waals surface area contributed by atoms with Crippen molar-refractivity contribution in [2.75, 3.05) is 20.2 Å². The van der Waals surface area contributed by atoms with E-state index in [2.05, 4.69) is 42.2 Å². The van der Waals surface area contributed by atoms with Crippen LogP contribution in [0.25, 0.3) is 0 Å². The van der Waals surface area contributed by atoms with Gasteiger partial charge in [0.15, 0.2) is 0 Å². The van der Waals surface area contributed by atoms with E-state index in [1.807, 2.05) is 7.11 Å². The summed E-state index contributed by atoms with van der Waals surface area (Å²) < 4.78 is 5.45. The molecule has 0 saturated carbocycles. The van der Waals surface area contributed by atoms with Crippen molar-refractivity contribution < 1.29 is 4.74 Å². The Hall–Kier alpha value is -0.860. The summed E-state index contributed by atoms with van der Waals surface area (Å²) in [5.74, 6) is 0. The lowest BCUT2D eigenvalue weighted by molar-refractivity contribution is 0.0165. The van der Waals surface area contributed by atoms with E-state index in [1.54, 1.807) is 0 Å². The van der Waals surface area contributed by atoms with Crippen LogP contribution in [0.3, 0.4) is 0 Å². The molecular weight excluding hydrogens is 210 g/mol. The van der Waals surface area contributed by atoms with Crippen molar-refractivity contribution in [3.8, 4) is 0 Å². The number of ether oxygens (including phenoxy) is 1. The molecule has 1 fully saturated rings. The highest BCUT2D eigenvalue weighted by atomic mass is 16.5. The van der Waals surface area contributed by atoms with Gasteiger partial charge in [0.05, 0.1) is 6.10 Å². The van der Waals surface area contributed by atoms with Crippen molar-refractivity contribution in [1.29, 1.82) is 0 Å². The second-order valence-corrected chi connectivity index (χ2v) is 5.00. The Morgan fingerprint density at radius 3 is 2.71 bits per heavy atom. The van der Waals surface area contributed by atoms with E-state index in [9.17, 15) is 0 Å². The highest BCUT2D eigenvalue weighted by molar-refractivity contribution is 5.14. The molecule has 0 radical (unpaired) electrons. The number of hydrogen-bond acceptors (Lipinski definition) is 2. The van der Waals surface area contributed by atoms with Crippen molar-refractivity contribution in [3.05, 3.63) is 35.9 Å². The zero-order valence-electron chi connectivity index (χ0n) is 10.9. The first kappa shape index (κ1) is 12.6. The molecule has 1 heterocycles. The normalized spacial score (nSPS) is 26.0. The van der Waals surface area contributed by atoms with Crippen molar-refractivity contribution in [1.82, 2.24) is 4.90 Å². The van der Waals surface area contributed by atoms with Crippen LogP contribution in [0.1, 0.15) is 25.3 Å². The molecule has 94 valence electrons. The van der Waals surface area contributed by atoms with Crippen LogP contribution in [0.5, 0.6) is 0 Å². The van der Waals surface area contributed by atoms with Gasteiger partial charge in [-0.1, -0.05) is 30.3 Å². The molecule has 0 spiro atoms. The fourth-order valence-electron chi connectivity index (χ4n) is 2.64. The van der Waals surface area contributed by atoms with Crippen LogP contribution in [-0.4, -0.2) is 37.2 Å². The molecule has 0 amide bonds. The molecule has 0 unspecified atom stereocenters. The third-order valence-corrected chi connectivity index (χ3v) is 3.83. The standard InChI is InChI=1S/C15H23NO/c1-13-12-15(17-2)9-11-16(13)10-8-14-6-4-3-5-7-14/h3-7,13,15H,8-12H2,1-2H3/t13-,15-/m1/s1. The molecule has 17 heavy (non-hydrogen) atoms. The lowest BCUT2D eigenvalue weighted by Gasteiger charge is -2.37. The van der Waals surface area contributed by atoms with Gasteiger partial charge in [-0.2, -0.15) is 0 Å². The van der Waals surface area contributed by atoms with Gasteiger partial charge in [-0.05, 0) is 31.7 Å². The SMILES string of the molecule is CO[C@@H]1CCN(CCc2ccccc2)[C@H](C)C1. The van der Waals surface area contributed by atoms with Crippen LogP contribution in [0.4, 0.5) is 0 Å². The summed E-state index contributed by atoms with van der Waals surface area (Å²) in [5.41, 5.74) is 1.44. The number of piperidine rings is 1. The molecule has 1 aromatic carbocycles. The maximum atomic E-state index is 5.45. The van der Waals surface area contributed by atoms with Gasteiger partial charge in [0.1, 0.15) is 0 Å². The summed E-state index contributed by atoms with van der Waals surface area (Å²) in [5, 5.41) is 0. The van der Waals surface area contributed by atoms with E-state index < -0.39 is 0 Å². The Labute approximate surface area is 105 Å². The predicted octanol–water partition coefficient (Wildman–Crippen LogP) is 2.73. The summed E-state index contributed by atoms with van der Waals surface area (Å²) >= 11 is 0. The number of rotatable bonds is 4. The van der Waals surface area contributed by atoms with E-state index in [0.717, 1.165) is 6.42 Å². The van der Waals surface area contributed by atoms with Crippen molar-refractivity contribution in [2.45, 2.75) is 38.3 Å². The van der Waals surface area contributed by atoms with Gasteiger partial charge in [-0.25, -0.2) is 0 Å². The van der Waals surface area contributed by atoms with Crippen LogP contribution in [0, 0.1) is 0 Å². The summed E-state index contributed by atoms with van der Waals surface area (Å²) in [7, 11) is 1.83. The van der Waals surface area contributed by atoms with Gasteiger partial charge in [-0.15, -0.1) is 0 Å². The lowest BCUT2D eigenvalue weighted by Crippen LogP contribution is -2.44. The Balaban J connectivity index is 1.80. The third kappa shape index (κ3) is 3.55. The summed E-state index contributed by atoms with van der Waals surface area (Å²) in [6.07, 6.45) is 3.97. The molecular formula is C15H23NO. The minimum Gasteiger partial charge on any atom is -0.381 e. The Morgan fingerprint density at radius 1 is 1.29 bits per heavy atom. The zero-order chi connectivity index (χ0) is 12.1. The average molecular weight is 233 g/mol. The van der Waals surface area contributed by atoms with E-state index in [1.165, 1.54) is 31.5 Å². The predicted molar refractivity (Wildman–Crippen MR) is 71.2 cm³/mol. The van der Waals surface area contributed by atoms with Crippen molar-refractivity contribution in [3.63, 3.8) is 0 Å². The van der Waals surface area contributed by atoms with Crippen LogP contribution >= 0.6 is 0 Å². The molecule has 2 heteroatoms. The number of methoxy groups -OCH3 is 1. The van der Waals surface area contributed by atoms with Crippen LogP contribution in [-0.2, 0) is 11.2 Å².